The summed E-state index contributed by atoms with van der Waals surface area (Å²) in [6, 6.07) is 2.95. The Labute approximate surface area is 177 Å². The van der Waals surface area contributed by atoms with E-state index >= 15 is 0 Å². The fourth-order valence-electron chi connectivity index (χ4n) is 4.06. The molecule has 2 heterocycles. The predicted octanol–water partition coefficient (Wildman–Crippen LogP) is 4.18. The van der Waals surface area contributed by atoms with Gasteiger partial charge in [-0.3, -0.25) is 5.32 Å². The van der Waals surface area contributed by atoms with Crippen LogP contribution in [-0.2, 0) is 4.74 Å². The van der Waals surface area contributed by atoms with Gasteiger partial charge in [-0.2, -0.15) is 0 Å². The van der Waals surface area contributed by atoms with Gasteiger partial charge in [-0.1, -0.05) is 11.3 Å². The number of benzene rings is 1. The van der Waals surface area contributed by atoms with E-state index in [1.54, 1.807) is 14.2 Å². The second kappa shape index (κ2) is 8.50. The Kier molecular flexibility index (Phi) is 5.97. The highest BCUT2D eigenvalue weighted by atomic mass is 32.1. The summed E-state index contributed by atoms with van der Waals surface area (Å²) in [6.45, 7) is 2.87. The maximum Gasteiger partial charge on any atom is 0.323 e. The molecule has 1 saturated heterocycles. The van der Waals surface area contributed by atoms with Gasteiger partial charge >= 0.3 is 6.03 Å². The highest BCUT2D eigenvalue weighted by Gasteiger charge is 2.39. The minimum atomic E-state index is -2.71. The lowest BCUT2D eigenvalue weighted by Gasteiger charge is -2.34. The number of halogens is 2. The Hall–Kier alpha value is -2.20. The van der Waals surface area contributed by atoms with E-state index in [9.17, 15) is 13.6 Å². The molecule has 1 aliphatic heterocycles. The van der Waals surface area contributed by atoms with Crippen molar-refractivity contribution in [1.82, 2.24) is 9.88 Å². The molecule has 10 heteroatoms. The topological polar surface area (TPSA) is 66.9 Å². The number of ether oxygens (including phenoxy) is 2. The largest absolute Gasteiger partial charge is 0.494 e. The van der Waals surface area contributed by atoms with Crippen molar-refractivity contribution in [3.05, 3.63) is 12.1 Å². The van der Waals surface area contributed by atoms with Crippen molar-refractivity contribution in [2.75, 3.05) is 50.7 Å². The van der Waals surface area contributed by atoms with E-state index in [0.29, 0.717) is 42.5 Å². The van der Waals surface area contributed by atoms with Crippen molar-refractivity contribution < 1.29 is 23.0 Å². The molecule has 0 bridgehead atoms. The molecule has 0 radical (unpaired) electrons. The van der Waals surface area contributed by atoms with Gasteiger partial charge in [-0.05, 0) is 25.0 Å². The lowest BCUT2D eigenvalue weighted by atomic mass is 9.91. The number of urea groups is 1. The number of rotatable bonds is 4. The summed E-state index contributed by atoms with van der Waals surface area (Å²) in [4.78, 5) is 20.9. The van der Waals surface area contributed by atoms with Gasteiger partial charge in [0.25, 0.3) is 0 Å². The van der Waals surface area contributed by atoms with Crippen molar-refractivity contribution in [1.29, 1.82) is 0 Å². The molecule has 0 spiro atoms. The first kappa shape index (κ1) is 21.0. The van der Waals surface area contributed by atoms with E-state index in [-0.39, 0.29) is 12.8 Å². The number of thiazole rings is 1. The number of aromatic nitrogens is 1. The monoisotopic (exact) mass is 440 g/mol. The number of hydrogen-bond donors (Lipinski definition) is 1. The molecule has 2 aliphatic rings. The van der Waals surface area contributed by atoms with Crippen molar-refractivity contribution in [3.63, 3.8) is 0 Å². The van der Waals surface area contributed by atoms with Crippen LogP contribution in [-0.4, -0.2) is 68.3 Å². The molecule has 1 unspecified atom stereocenters. The minimum Gasteiger partial charge on any atom is -0.494 e. The van der Waals surface area contributed by atoms with Gasteiger partial charge in [0.1, 0.15) is 11.3 Å². The van der Waals surface area contributed by atoms with Gasteiger partial charge in [0.2, 0.25) is 5.92 Å². The smallest absolute Gasteiger partial charge is 0.323 e. The van der Waals surface area contributed by atoms with E-state index < -0.39 is 18.0 Å². The molecule has 7 nitrogen and oxygen atoms in total. The highest BCUT2D eigenvalue weighted by molar-refractivity contribution is 7.23. The Balaban J connectivity index is 1.56. The van der Waals surface area contributed by atoms with Crippen molar-refractivity contribution in [2.24, 2.45) is 0 Å². The highest BCUT2D eigenvalue weighted by Crippen LogP contribution is 2.40. The fourth-order valence-corrected chi connectivity index (χ4v) is 5.08. The molecule has 1 aromatic carbocycles. The zero-order valence-corrected chi connectivity index (χ0v) is 17.9. The van der Waals surface area contributed by atoms with E-state index in [1.165, 1.54) is 16.2 Å². The standard InChI is InChI=1S/C20H26F2N4O3S/c1-25(13-4-3-7-20(21,22)12-13)19(27)24-18-23-16-15(28-2)6-5-14(17(16)30-18)26-8-10-29-11-9-26/h5-6,13H,3-4,7-12H2,1-2H3,(H,23,24,27). The minimum absolute atomic E-state index is 0.110. The van der Waals surface area contributed by atoms with Gasteiger partial charge in [-0.15, -0.1) is 0 Å². The maximum absolute atomic E-state index is 13.8. The van der Waals surface area contributed by atoms with E-state index in [2.05, 4.69) is 15.2 Å². The third-order valence-electron chi connectivity index (χ3n) is 5.75. The third-order valence-corrected chi connectivity index (χ3v) is 6.75. The van der Waals surface area contributed by atoms with E-state index in [1.807, 2.05) is 12.1 Å². The molecule has 30 heavy (non-hydrogen) atoms. The van der Waals surface area contributed by atoms with Crippen LogP contribution in [0.4, 0.5) is 24.4 Å². The van der Waals surface area contributed by atoms with Crippen LogP contribution in [0.3, 0.4) is 0 Å². The summed E-state index contributed by atoms with van der Waals surface area (Å²) in [6.07, 6.45) is 0.581. The van der Waals surface area contributed by atoms with Crippen LogP contribution in [0, 0.1) is 0 Å². The number of carbonyl (C=O) groups excluding carboxylic acids is 1. The second-order valence-corrected chi connectivity index (χ2v) is 8.73. The van der Waals surface area contributed by atoms with Crippen LogP contribution >= 0.6 is 11.3 Å². The Morgan fingerprint density at radius 1 is 1.40 bits per heavy atom. The first-order chi connectivity index (χ1) is 14.4. The summed E-state index contributed by atoms with van der Waals surface area (Å²) >= 11 is 1.36. The summed E-state index contributed by atoms with van der Waals surface area (Å²) < 4.78 is 39.3. The average molecular weight is 441 g/mol. The predicted molar refractivity (Wildman–Crippen MR) is 113 cm³/mol. The van der Waals surface area contributed by atoms with E-state index in [0.717, 1.165) is 23.5 Å². The van der Waals surface area contributed by atoms with Crippen LogP contribution in [0.1, 0.15) is 25.7 Å². The lowest BCUT2D eigenvalue weighted by Crippen LogP contribution is -2.45. The number of amides is 2. The lowest BCUT2D eigenvalue weighted by molar-refractivity contribution is -0.0544. The first-order valence-electron chi connectivity index (χ1n) is 10.1. The van der Waals surface area contributed by atoms with Gasteiger partial charge < -0.3 is 19.3 Å². The number of hydrogen-bond acceptors (Lipinski definition) is 6. The molecule has 164 valence electrons. The SMILES string of the molecule is COc1ccc(N2CCOCC2)c2sc(NC(=O)N(C)C3CCCC(F)(F)C3)nc12. The fraction of sp³-hybridized carbons (Fsp3) is 0.600. The molecule has 1 saturated carbocycles. The van der Waals surface area contributed by atoms with Crippen LogP contribution in [0.15, 0.2) is 12.1 Å². The maximum atomic E-state index is 13.8. The van der Waals surface area contributed by atoms with Gasteiger partial charge in [-0.25, -0.2) is 18.6 Å². The van der Waals surface area contributed by atoms with E-state index in [4.69, 9.17) is 9.47 Å². The van der Waals surface area contributed by atoms with Gasteiger partial charge in [0.15, 0.2) is 5.13 Å². The summed E-state index contributed by atoms with van der Waals surface area (Å²) in [5, 5.41) is 3.21. The normalized spacial score (nSPS) is 21.5. The summed E-state index contributed by atoms with van der Waals surface area (Å²) in [5.74, 6) is -2.09. The van der Waals surface area contributed by atoms with Crippen LogP contribution in [0.5, 0.6) is 5.75 Å². The van der Waals surface area contributed by atoms with Crippen molar-refractivity contribution >= 4 is 38.4 Å². The number of alkyl halides is 2. The molecule has 4 rings (SSSR count). The Bertz CT molecular complexity index is 917. The quantitative estimate of drug-likeness (QED) is 0.773. The molecule has 1 aliphatic carbocycles. The van der Waals surface area contributed by atoms with Crippen LogP contribution < -0.4 is 15.0 Å². The average Bonchev–Trinajstić information content (AvgIpc) is 3.15. The number of nitrogens with zero attached hydrogens (tertiary/aromatic N) is 3. The molecule has 2 fully saturated rings. The molecular weight excluding hydrogens is 414 g/mol. The molecule has 1 N–H and O–H groups in total. The van der Waals surface area contributed by atoms with Crippen molar-refractivity contribution in [3.8, 4) is 5.75 Å². The van der Waals surface area contributed by atoms with Crippen LogP contribution in [0.2, 0.25) is 0 Å². The second-order valence-electron chi connectivity index (χ2n) is 7.73. The van der Waals surface area contributed by atoms with Gasteiger partial charge in [0, 0.05) is 39.0 Å². The molecule has 2 amide bonds. The third kappa shape index (κ3) is 4.29. The zero-order valence-electron chi connectivity index (χ0n) is 17.1. The van der Waals surface area contributed by atoms with Crippen molar-refractivity contribution in [2.45, 2.75) is 37.6 Å². The zero-order chi connectivity index (χ0) is 21.3. The molecular formula is C20H26F2N4O3S. The summed E-state index contributed by atoms with van der Waals surface area (Å²) in [5.41, 5.74) is 1.70. The van der Waals surface area contributed by atoms with Crippen LogP contribution in [0.25, 0.3) is 10.2 Å². The number of methoxy groups -OCH3 is 1. The number of fused-ring (bicyclic) bond motifs is 1. The summed E-state index contributed by atoms with van der Waals surface area (Å²) in [7, 11) is 3.15. The molecule has 2 aromatic rings. The first-order valence-corrected chi connectivity index (χ1v) is 10.9. The Morgan fingerprint density at radius 2 is 2.17 bits per heavy atom. The number of anilines is 2. The Morgan fingerprint density at radius 3 is 2.87 bits per heavy atom. The number of morpholine rings is 1. The number of carbonyl (C=O) groups is 1. The number of nitrogens with one attached hydrogen (secondary N) is 1. The molecule has 1 atom stereocenters. The molecule has 1 aromatic heterocycles. The van der Waals surface area contributed by atoms with Gasteiger partial charge in [0.05, 0.1) is 30.7 Å².